The van der Waals surface area contributed by atoms with Crippen LogP contribution in [0.5, 0.6) is 0 Å². The van der Waals surface area contributed by atoms with E-state index >= 15 is 0 Å². The standard InChI is InChI=1S/C16H21F3N2O3/c1-14(2,3)12-9-15(24,5-7-21(12)13(22)23)11-8-10(4-6-20-11)16(17,18)19/h4,6,8,12,24H,5,7,9H2,1-3H3,(H,22,23). The van der Waals surface area contributed by atoms with Crippen molar-refractivity contribution in [2.24, 2.45) is 5.41 Å². The Morgan fingerprint density at radius 1 is 1.38 bits per heavy atom. The van der Waals surface area contributed by atoms with Crippen molar-refractivity contribution in [1.82, 2.24) is 9.88 Å². The first kappa shape index (κ1) is 18.5. The largest absolute Gasteiger partial charge is 0.465 e. The monoisotopic (exact) mass is 346 g/mol. The van der Waals surface area contributed by atoms with Crippen LogP contribution in [-0.4, -0.2) is 38.8 Å². The summed E-state index contributed by atoms with van der Waals surface area (Å²) in [4.78, 5) is 16.6. The molecule has 0 spiro atoms. The zero-order chi connectivity index (χ0) is 18.3. The first-order chi connectivity index (χ1) is 10.8. The topological polar surface area (TPSA) is 73.7 Å². The maximum absolute atomic E-state index is 12.9. The van der Waals surface area contributed by atoms with Crippen molar-refractivity contribution >= 4 is 6.09 Å². The molecule has 2 rings (SSSR count). The van der Waals surface area contributed by atoms with E-state index in [0.29, 0.717) is 0 Å². The van der Waals surface area contributed by atoms with Gasteiger partial charge in [-0.2, -0.15) is 13.2 Å². The van der Waals surface area contributed by atoms with Crippen molar-refractivity contribution in [2.75, 3.05) is 6.54 Å². The van der Waals surface area contributed by atoms with Crippen molar-refractivity contribution in [2.45, 2.75) is 51.4 Å². The highest BCUT2D eigenvalue weighted by molar-refractivity contribution is 5.65. The predicted octanol–water partition coefficient (Wildman–Crippen LogP) is 3.48. The molecule has 2 unspecified atom stereocenters. The third-order valence-electron chi connectivity index (χ3n) is 4.48. The third kappa shape index (κ3) is 3.63. The van der Waals surface area contributed by atoms with Gasteiger partial charge in [0.1, 0.15) is 5.60 Å². The van der Waals surface area contributed by atoms with E-state index in [1.165, 1.54) is 4.90 Å². The highest BCUT2D eigenvalue weighted by Gasteiger charge is 2.47. The van der Waals surface area contributed by atoms with Gasteiger partial charge in [0, 0.05) is 25.2 Å². The van der Waals surface area contributed by atoms with Gasteiger partial charge in [-0.05, 0) is 24.0 Å². The van der Waals surface area contributed by atoms with E-state index in [9.17, 15) is 28.2 Å². The lowest BCUT2D eigenvalue weighted by atomic mass is 9.73. The predicted molar refractivity (Wildman–Crippen MR) is 80.3 cm³/mol. The zero-order valence-corrected chi connectivity index (χ0v) is 13.8. The van der Waals surface area contributed by atoms with Crippen molar-refractivity contribution in [1.29, 1.82) is 0 Å². The lowest BCUT2D eigenvalue weighted by Gasteiger charge is -2.47. The molecule has 1 saturated heterocycles. The Morgan fingerprint density at radius 2 is 2.00 bits per heavy atom. The van der Waals surface area contributed by atoms with Crippen LogP contribution in [-0.2, 0) is 11.8 Å². The lowest BCUT2D eigenvalue weighted by Crippen LogP contribution is -2.56. The molecule has 0 saturated carbocycles. The van der Waals surface area contributed by atoms with Gasteiger partial charge in [0.2, 0.25) is 0 Å². The highest BCUT2D eigenvalue weighted by atomic mass is 19.4. The number of aliphatic hydroxyl groups is 1. The maximum atomic E-state index is 12.9. The average molecular weight is 346 g/mol. The summed E-state index contributed by atoms with van der Waals surface area (Å²) in [6, 6.07) is 1.15. The maximum Gasteiger partial charge on any atom is 0.416 e. The van der Waals surface area contributed by atoms with Gasteiger partial charge in [-0.15, -0.1) is 0 Å². The van der Waals surface area contributed by atoms with E-state index in [2.05, 4.69) is 4.98 Å². The summed E-state index contributed by atoms with van der Waals surface area (Å²) < 4.78 is 38.7. The molecule has 1 aromatic heterocycles. The van der Waals surface area contributed by atoms with Gasteiger partial charge in [-0.25, -0.2) is 4.79 Å². The Bertz CT molecular complexity index is 628. The van der Waals surface area contributed by atoms with E-state index in [-0.39, 0.29) is 25.1 Å². The molecular formula is C16H21F3N2O3. The second kappa shape index (κ2) is 5.91. The molecule has 1 aliphatic heterocycles. The number of likely N-dealkylation sites (tertiary alicyclic amines) is 1. The molecule has 134 valence electrons. The molecule has 1 amide bonds. The summed E-state index contributed by atoms with van der Waals surface area (Å²) in [5, 5.41) is 20.3. The Hall–Kier alpha value is -1.83. The lowest BCUT2D eigenvalue weighted by molar-refractivity contribution is -0.138. The quantitative estimate of drug-likeness (QED) is 0.816. The van der Waals surface area contributed by atoms with Crippen LogP contribution < -0.4 is 0 Å². The van der Waals surface area contributed by atoms with Crippen LogP contribution in [0.4, 0.5) is 18.0 Å². The second-order valence-electron chi connectivity index (χ2n) is 7.27. The molecule has 1 aliphatic rings. The number of hydrogen-bond donors (Lipinski definition) is 2. The number of alkyl halides is 3. The van der Waals surface area contributed by atoms with Crippen LogP contribution in [0.15, 0.2) is 18.3 Å². The molecule has 24 heavy (non-hydrogen) atoms. The number of pyridine rings is 1. The molecule has 8 heteroatoms. The summed E-state index contributed by atoms with van der Waals surface area (Å²) in [6.45, 7) is 5.53. The van der Waals surface area contributed by atoms with Gasteiger partial charge in [0.05, 0.1) is 11.3 Å². The van der Waals surface area contributed by atoms with E-state index < -0.39 is 34.9 Å². The van der Waals surface area contributed by atoms with Crippen LogP contribution in [0.25, 0.3) is 0 Å². The number of hydrogen-bond acceptors (Lipinski definition) is 3. The molecule has 0 bridgehead atoms. The summed E-state index contributed by atoms with van der Waals surface area (Å²) in [6.07, 6.45) is -4.61. The highest BCUT2D eigenvalue weighted by Crippen LogP contribution is 2.42. The summed E-state index contributed by atoms with van der Waals surface area (Å²) in [5.74, 6) is 0. The zero-order valence-electron chi connectivity index (χ0n) is 13.8. The molecule has 1 fully saturated rings. The van der Waals surface area contributed by atoms with Gasteiger partial charge in [-0.3, -0.25) is 4.98 Å². The Labute approximate surface area is 138 Å². The van der Waals surface area contributed by atoms with Crippen LogP contribution in [0.2, 0.25) is 0 Å². The van der Waals surface area contributed by atoms with Crippen LogP contribution in [0.3, 0.4) is 0 Å². The number of nitrogens with zero attached hydrogens (tertiary/aromatic N) is 2. The Morgan fingerprint density at radius 3 is 2.50 bits per heavy atom. The van der Waals surface area contributed by atoms with E-state index in [4.69, 9.17) is 0 Å². The fourth-order valence-corrected chi connectivity index (χ4v) is 3.09. The van der Waals surface area contributed by atoms with Crippen LogP contribution in [0.1, 0.15) is 44.9 Å². The molecule has 5 nitrogen and oxygen atoms in total. The summed E-state index contributed by atoms with van der Waals surface area (Å²) in [5.41, 5.74) is -3.02. The smallest absolute Gasteiger partial charge is 0.416 e. The third-order valence-corrected chi connectivity index (χ3v) is 4.48. The van der Waals surface area contributed by atoms with Gasteiger partial charge < -0.3 is 15.1 Å². The molecule has 1 aromatic rings. The minimum atomic E-state index is -4.53. The van der Waals surface area contributed by atoms with Crippen molar-refractivity contribution in [3.8, 4) is 0 Å². The molecule has 2 atom stereocenters. The van der Waals surface area contributed by atoms with Crippen LogP contribution >= 0.6 is 0 Å². The molecule has 2 N–H and O–H groups in total. The summed E-state index contributed by atoms with van der Waals surface area (Å²) >= 11 is 0. The van der Waals surface area contributed by atoms with Gasteiger partial charge in [-0.1, -0.05) is 20.8 Å². The van der Waals surface area contributed by atoms with E-state index in [1.54, 1.807) is 0 Å². The number of rotatable bonds is 1. The number of halogens is 3. The number of carboxylic acid groups (broad SMARTS) is 1. The van der Waals surface area contributed by atoms with Gasteiger partial charge in [0.25, 0.3) is 0 Å². The Kier molecular flexibility index (Phi) is 4.56. The minimum absolute atomic E-state index is 0.000189. The number of piperidine rings is 1. The second-order valence-corrected chi connectivity index (χ2v) is 7.27. The van der Waals surface area contributed by atoms with Crippen molar-refractivity contribution < 1.29 is 28.2 Å². The van der Waals surface area contributed by atoms with Gasteiger partial charge in [0.15, 0.2) is 0 Å². The molecule has 0 aliphatic carbocycles. The van der Waals surface area contributed by atoms with E-state index in [1.807, 2.05) is 20.8 Å². The van der Waals surface area contributed by atoms with Crippen molar-refractivity contribution in [3.63, 3.8) is 0 Å². The molecule has 0 radical (unpaired) electrons. The molecule has 0 aromatic carbocycles. The SMILES string of the molecule is CC(C)(C)C1CC(O)(c2cc(C(F)(F)F)ccn2)CCN1C(=O)O. The van der Waals surface area contributed by atoms with Crippen molar-refractivity contribution in [3.05, 3.63) is 29.6 Å². The molecular weight excluding hydrogens is 325 g/mol. The first-order valence-corrected chi connectivity index (χ1v) is 7.60. The average Bonchev–Trinajstić information content (AvgIpc) is 2.45. The fraction of sp³-hybridized carbons (Fsp3) is 0.625. The normalized spacial score (nSPS) is 25.6. The Balaban J connectivity index is 2.39. The number of aromatic nitrogens is 1. The first-order valence-electron chi connectivity index (χ1n) is 7.60. The number of carbonyl (C=O) groups is 1. The minimum Gasteiger partial charge on any atom is -0.465 e. The molecule has 2 heterocycles. The van der Waals surface area contributed by atoms with Gasteiger partial charge >= 0.3 is 12.3 Å². The van der Waals surface area contributed by atoms with Crippen LogP contribution in [0, 0.1) is 5.41 Å². The van der Waals surface area contributed by atoms with E-state index in [0.717, 1.165) is 18.3 Å². The number of amides is 1. The summed E-state index contributed by atoms with van der Waals surface area (Å²) in [7, 11) is 0. The fourth-order valence-electron chi connectivity index (χ4n) is 3.09.